The fraction of sp³-hybridized carbons (Fsp3) is 0.200. The van der Waals surface area contributed by atoms with E-state index in [0.29, 0.717) is 0 Å². The summed E-state index contributed by atoms with van der Waals surface area (Å²) in [5.74, 6) is -0.343. The molecule has 10 heteroatoms. The third kappa shape index (κ3) is 4.21. The second-order valence-electron chi connectivity index (χ2n) is 8.42. The highest BCUT2D eigenvalue weighted by Gasteiger charge is 2.44. The van der Waals surface area contributed by atoms with Crippen LogP contribution >= 0.6 is 0 Å². The summed E-state index contributed by atoms with van der Waals surface area (Å²) in [6.07, 6.45) is 5.78. The number of fused-ring (bicyclic) bond motifs is 1. The molecule has 176 valence electrons. The van der Waals surface area contributed by atoms with E-state index in [1.165, 1.54) is 35.5 Å². The lowest BCUT2D eigenvalue weighted by atomic mass is 9.77. The van der Waals surface area contributed by atoms with E-state index < -0.39 is 21.8 Å². The molecule has 1 aliphatic heterocycles. The summed E-state index contributed by atoms with van der Waals surface area (Å²) in [6.45, 7) is 0. The second-order valence-corrected chi connectivity index (χ2v) is 8.42. The molecule has 2 atom stereocenters. The minimum Gasteiger partial charge on any atom is -0.459 e. The zero-order chi connectivity index (χ0) is 24.5. The molecule has 10 nitrogen and oxygen atoms in total. The summed E-state index contributed by atoms with van der Waals surface area (Å²) in [6, 6.07) is 15.2. The van der Waals surface area contributed by atoms with Gasteiger partial charge in [-0.25, -0.2) is 5.01 Å². The van der Waals surface area contributed by atoms with Gasteiger partial charge in [-0.15, -0.1) is 0 Å². The van der Waals surface area contributed by atoms with Crippen molar-refractivity contribution in [1.82, 2.24) is 5.01 Å². The molecule has 0 radical (unpaired) electrons. The number of amides is 1. The highest BCUT2D eigenvalue weighted by molar-refractivity contribution is 6.09. The largest absolute Gasteiger partial charge is 0.459 e. The van der Waals surface area contributed by atoms with Crippen LogP contribution in [0.5, 0.6) is 0 Å². The number of non-ortho nitro benzene ring substituents is 2. The molecule has 2 aromatic carbocycles. The third-order valence-corrected chi connectivity index (χ3v) is 6.33. The first kappa shape index (κ1) is 22.2. The Morgan fingerprint density at radius 2 is 1.66 bits per heavy atom. The first-order valence-electron chi connectivity index (χ1n) is 11.1. The normalized spacial score (nSPS) is 20.4. The summed E-state index contributed by atoms with van der Waals surface area (Å²) in [5.41, 5.74) is 3.27. The van der Waals surface area contributed by atoms with Gasteiger partial charge < -0.3 is 4.42 Å². The summed E-state index contributed by atoms with van der Waals surface area (Å²) < 4.78 is 5.33. The van der Waals surface area contributed by atoms with Gasteiger partial charge in [-0.3, -0.25) is 25.0 Å². The number of nitro groups is 2. The lowest BCUT2D eigenvalue weighted by Gasteiger charge is -2.29. The fourth-order valence-electron chi connectivity index (χ4n) is 4.70. The minimum atomic E-state index is -0.461. The highest BCUT2D eigenvalue weighted by atomic mass is 16.6. The van der Waals surface area contributed by atoms with E-state index in [1.807, 2.05) is 6.08 Å². The van der Waals surface area contributed by atoms with Crippen LogP contribution in [0.1, 0.15) is 47.0 Å². The molecular formula is C25H20N4O6. The van der Waals surface area contributed by atoms with E-state index in [2.05, 4.69) is 0 Å². The van der Waals surface area contributed by atoms with Crippen molar-refractivity contribution < 1.29 is 19.1 Å². The van der Waals surface area contributed by atoms with Crippen LogP contribution in [0.25, 0.3) is 6.08 Å². The van der Waals surface area contributed by atoms with Gasteiger partial charge in [0.2, 0.25) is 0 Å². The molecule has 1 fully saturated rings. The number of carbonyl (C=O) groups excluding carboxylic acids is 1. The Balaban J connectivity index is 1.54. The molecule has 0 saturated heterocycles. The van der Waals surface area contributed by atoms with Crippen molar-refractivity contribution in [3.8, 4) is 0 Å². The average Bonchev–Trinajstić information content (AvgIpc) is 3.53. The van der Waals surface area contributed by atoms with Crippen molar-refractivity contribution in [2.24, 2.45) is 11.0 Å². The van der Waals surface area contributed by atoms with Gasteiger partial charge in [0.25, 0.3) is 11.4 Å². The number of furan rings is 1. The van der Waals surface area contributed by atoms with Crippen molar-refractivity contribution in [2.75, 3.05) is 0 Å². The fourth-order valence-corrected chi connectivity index (χ4v) is 4.70. The number of hydrogen-bond acceptors (Lipinski definition) is 7. The van der Waals surface area contributed by atoms with Gasteiger partial charge in [-0.05, 0) is 66.3 Å². The van der Waals surface area contributed by atoms with Crippen molar-refractivity contribution in [3.63, 3.8) is 0 Å². The quantitative estimate of drug-likeness (QED) is 0.354. The molecule has 0 unspecified atom stereocenters. The predicted octanol–water partition coefficient (Wildman–Crippen LogP) is 5.53. The molecule has 1 aromatic heterocycles. The Hall–Kier alpha value is -4.60. The topological polar surface area (TPSA) is 132 Å². The van der Waals surface area contributed by atoms with Crippen LogP contribution in [0.15, 0.2) is 82.0 Å². The smallest absolute Gasteiger partial charge is 0.310 e. The van der Waals surface area contributed by atoms with Gasteiger partial charge in [0.15, 0.2) is 5.76 Å². The zero-order valence-corrected chi connectivity index (χ0v) is 18.4. The molecule has 5 rings (SSSR count). The van der Waals surface area contributed by atoms with Gasteiger partial charge in [0.05, 0.1) is 27.9 Å². The van der Waals surface area contributed by atoms with Crippen molar-refractivity contribution in [3.05, 3.63) is 110 Å². The molecule has 0 N–H and O–H groups in total. The molecule has 2 aliphatic rings. The Labute approximate surface area is 199 Å². The van der Waals surface area contributed by atoms with Crippen LogP contribution in [0, 0.1) is 26.1 Å². The van der Waals surface area contributed by atoms with Gasteiger partial charge in [-0.1, -0.05) is 12.1 Å². The number of benzene rings is 2. The lowest BCUT2D eigenvalue weighted by molar-refractivity contribution is -0.385. The van der Waals surface area contributed by atoms with Crippen LogP contribution in [-0.4, -0.2) is 26.5 Å². The Kier molecular flexibility index (Phi) is 5.69. The monoisotopic (exact) mass is 472 g/mol. The zero-order valence-electron chi connectivity index (χ0n) is 18.4. The number of rotatable bonds is 5. The number of nitro benzene ring substituents is 2. The van der Waals surface area contributed by atoms with Crippen molar-refractivity contribution in [2.45, 2.75) is 25.3 Å². The third-order valence-electron chi connectivity index (χ3n) is 6.33. The Bertz CT molecular complexity index is 1340. The van der Waals surface area contributed by atoms with Gasteiger partial charge in [-0.2, -0.15) is 5.10 Å². The van der Waals surface area contributed by atoms with E-state index in [4.69, 9.17) is 9.52 Å². The highest BCUT2D eigenvalue weighted by Crippen LogP contribution is 2.45. The van der Waals surface area contributed by atoms with Crippen LogP contribution < -0.4 is 0 Å². The maximum absolute atomic E-state index is 13.3. The van der Waals surface area contributed by atoms with E-state index >= 15 is 0 Å². The van der Waals surface area contributed by atoms with Crippen LogP contribution in [0.4, 0.5) is 11.4 Å². The second kappa shape index (κ2) is 8.98. The molecule has 1 saturated carbocycles. The van der Waals surface area contributed by atoms with Gasteiger partial charge >= 0.3 is 5.91 Å². The summed E-state index contributed by atoms with van der Waals surface area (Å²) in [5, 5.41) is 28.2. The van der Waals surface area contributed by atoms with Crippen LogP contribution in [-0.2, 0) is 0 Å². The Morgan fingerprint density at radius 1 is 1.00 bits per heavy atom. The molecule has 2 heterocycles. The molecule has 1 aliphatic carbocycles. The molecule has 0 spiro atoms. The molecular weight excluding hydrogens is 452 g/mol. The lowest BCUT2D eigenvalue weighted by Crippen LogP contribution is -2.31. The summed E-state index contributed by atoms with van der Waals surface area (Å²) in [4.78, 5) is 34.5. The predicted molar refractivity (Wildman–Crippen MR) is 127 cm³/mol. The first-order valence-corrected chi connectivity index (χ1v) is 11.1. The van der Waals surface area contributed by atoms with E-state index in [-0.39, 0.29) is 23.1 Å². The summed E-state index contributed by atoms with van der Waals surface area (Å²) in [7, 11) is 0. The molecule has 1 amide bonds. The first-order chi connectivity index (χ1) is 16.9. The van der Waals surface area contributed by atoms with Crippen molar-refractivity contribution in [1.29, 1.82) is 0 Å². The molecule has 35 heavy (non-hydrogen) atoms. The van der Waals surface area contributed by atoms with Crippen molar-refractivity contribution >= 4 is 29.1 Å². The maximum atomic E-state index is 13.3. The number of hydrogen-bond donors (Lipinski definition) is 0. The average molecular weight is 472 g/mol. The van der Waals surface area contributed by atoms with E-state index in [9.17, 15) is 25.0 Å². The van der Waals surface area contributed by atoms with E-state index in [1.54, 1.807) is 36.4 Å². The molecule has 0 bridgehead atoms. The molecule has 3 aromatic rings. The SMILES string of the molecule is O=C(c1ccco1)N1N=C2/C(=C/c3ccc([N+](=O)[O-])cc3)CCC[C@H]2[C@@H]1c1ccc([N+](=O)[O-])cc1. The van der Waals surface area contributed by atoms with Gasteiger partial charge in [0.1, 0.15) is 0 Å². The van der Waals surface area contributed by atoms with Gasteiger partial charge in [0, 0.05) is 30.2 Å². The standard InChI is InChI=1S/C25H20N4O6/c30-25(22-5-2-14-35-22)27-24(17-8-12-20(13-9-17)29(33)34)21-4-1-3-18(23(21)26-27)15-16-6-10-19(11-7-16)28(31)32/h2,5-15,21,24H,1,3-4H2/b18-15+/t21-,24+/m1/s1. The van der Waals surface area contributed by atoms with E-state index in [0.717, 1.165) is 41.7 Å². The number of nitrogens with zero attached hydrogens (tertiary/aromatic N) is 4. The van der Waals surface area contributed by atoms with Crippen LogP contribution in [0.3, 0.4) is 0 Å². The minimum absolute atomic E-state index is 0.0142. The van der Waals surface area contributed by atoms with Crippen LogP contribution in [0.2, 0.25) is 0 Å². The number of allylic oxidation sites excluding steroid dienone is 1. The Morgan fingerprint density at radius 3 is 2.26 bits per heavy atom. The maximum Gasteiger partial charge on any atom is 0.310 e. The number of hydrazone groups is 1. The summed E-state index contributed by atoms with van der Waals surface area (Å²) >= 11 is 0. The number of carbonyl (C=O) groups is 1.